The molecule has 0 spiro atoms. The number of amides is 2. The summed E-state index contributed by atoms with van der Waals surface area (Å²) in [5.41, 5.74) is 1.71. The summed E-state index contributed by atoms with van der Waals surface area (Å²) in [6.45, 7) is 0.319. The Hall–Kier alpha value is -2.73. The number of thiophene rings is 1. The summed E-state index contributed by atoms with van der Waals surface area (Å²) in [6, 6.07) is 12.6. The molecular weight excluding hydrogens is 312 g/mol. The Kier molecular flexibility index (Phi) is 4.63. The summed E-state index contributed by atoms with van der Waals surface area (Å²) >= 11 is 1.62. The Balaban J connectivity index is 1.54. The third-order valence-corrected chi connectivity index (χ3v) is 3.90. The first-order chi connectivity index (χ1) is 11.2. The highest BCUT2D eigenvalue weighted by Crippen LogP contribution is 2.24. The molecule has 23 heavy (non-hydrogen) atoms. The minimum atomic E-state index is -0.299. The van der Waals surface area contributed by atoms with E-state index in [0.29, 0.717) is 23.7 Å². The standard InChI is InChI=1S/C17H16N2O3S/c1-21-14-4-2-3-13(9-14)19-17(20)18-10-15-5-6-16(22-15)12-7-8-23-11-12/h2-9,11H,10H2,1H3,(H2,18,19,20). The second kappa shape index (κ2) is 7.02. The molecule has 118 valence electrons. The van der Waals surface area contributed by atoms with Gasteiger partial charge in [0.1, 0.15) is 17.3 Å². The Bertz CT molecular complexity index is 781. The van der Waals surface area contributed by atoms with Gasteiger partial charge in [0.15, 0.2) is 0 Å². The first-order valence-corrected chi connectivity index (χ1v) is 7.99. The fraction of sp³-hybridized carbons (Fsp3) is 0.118. The molecule has 3 rings (SSSR count). The van der Waals surface area contributed by atoms with Gasteiger partial charge in [-0.1, -0.05) is 6.07 Å². The zero-order valence-electron chi connectivity index (χ0n) is 12.5. The third kappa shape index (κ3) is 3.92. The maximum atomic E-state index is 11.9. The van der Waals surface area contributed by atoms with Crippen molar-refractivity contribution >= 4 is 23.1 Å². The van der Waals surface area contributed by atoms with Crippen LogP contribution < -0.4 is 15.4 Å². The molecule has 0 saturated carbocycles. The number of carbonyl (C=O) groups excluding carboxylic acids is 1. The van der Waals surface area contributed by atoms with Crippen LogP contribution in [0, 0.1) is 0 Å². The van der Waals surface area contributed by atoms with Crippen molar-refractivity contribution in [2.24, 2.45) is 0 Å². The molecule has 0 radical (unpaired) electrons. The molecule has 0 unspecified atom stereocenters. The Morgan fingerprint density at radius 3 is 2.96 bits per heavy atom. The monoisotopic (exact) mass is 328 g/mol. The van der Waals surface area contributed by atoms with Crippen molar-refractivity contribution in [1.29, 1.82) is 0 Å². The molecule has 1 aromatic carbocycles. The van der Waals surface area contributed by atoms with Crippen LogP contribution in [-0.4, -0.2) is 13.1 Å². The summed E-state index contributed by atoms with van der Waals surface area (Å²) in [5.74, 6) is 2.19. The molecular formula is C17H16N2O3S. The second-order valence-electron chi connectivity index (χ2n) is 4.82. The topological polar surface area (TPSA) is 63.5 Å². The van der Waals surface area contributed by atoms with Gasteiger partial charge in [0, 0.05) is 22.7 Å². The second-order valence-corrected chi connectivity index (χ2v) is 5.60. The van der Waals surface area contributed by atoms with Gasteiger partial charge in [-0.2, -0.15) is 11.3 Å². The summed E-state index contributed by atoms with van der Waals surface area (Å²) in [4.78, 5) is 11.9. The lowest BCUT2D eigenvalue weighted by molar-refractivity contribution is 0.251. The number of methoxy groups -OCH3 is 1. The number of nitrogens with one attached hydrogen (secondary N) is 2. The fourth-order valence-corrected chi connectivity index (χ4v) is 2.72. The Morgan fingerprint density at radius 2 is 2.17 bits per heavy atom. The van der Waals surface area contributed by atoms with Crippen LogP contribution in [0.15, 0.2) is 57.6 Å². The van der Waals surface area contributed by atoms with Crippen molar-refractivity contribution in [3.63, 3.8) is 0 Å². The number of benzene rings is 1. The molecule has 2 N–H and O–H groups in total. The SMILES string of the molecule is COc1cccc(NC(=O)NCc2ccc(-c3ccsc3)o2)c1. The number of ether oxygens (including phenoxy) is 1. The first kappa shape index (κ1) is 15.2. The van der Waals surface area contributed by atoms with Crippen LogP contribution in [0.1, 0.15) is 5.76 Å². The predicted octanol–water partition coefficient (Wildman–Crippen LogP) is 4.34. The van der Waals surface area contributed by atoms with Crippen molar-refractivity contribution in [3.05, 3.63) is 59.0 Å². The number of furan rings is 1. The quantitative estimate of drug-likeness (QED) is 0.732. The van der Waals surface area contributed by atoms with Gasteiger partial charge < -0.3 is 19.8 Å². The van der Waals surface area contributed by atoms with Crippen LogP contribution >= 0.6 is 11.3 Å². The fourth-order valence-electron chi connectivity index (χ4n) is 2.08. The molecule has 0 bridgehead atoms. The molecule has 5 nitrogen and oxygen atoms in total. The van der Waals surface area contributed by atoms with E-state index in [1.165, 1.54) is 0 Å². The van der Waals surface area contributed by atoms with E-state index in [2.05, 4.69) is 10.6 Å². The van der Waals surface area contributed by atoms with Crippen LogP contribution in [0.3, 0.4) is 0 Å². The smallest absolute Gasteiger partial charge is 0.319 e. The molecule has 0 aliphatic carbocycles. The zero-order chi connectivity index (χ0) is 16.1. The normalized spacial score (nSPS) is 10.3. The third-order valence-electron chi connectivity index (χ3n) is 3.22. The van der Waals surface area contributed by atoms with Crippen molar-refractivity contribution in [1.82, 2.24) is 5.32 Å². The number of hydrogen-bond donors (Lipinski definition) is 2. The van der Waals surface area contributed by atoms with Crippen molar-refractivity contribution < 1.29 is 13.9 Å². The first-order valence-electron chi connectivity index (χ1n) is 7.05. The highest BCUT2D eigenvalue weighted by Gasteiger charge is 2.07. The molecule has 0 aliphatic rings. The van der Waals surface area contributed by atoms with E-state index < -0.39 is 0 Å². The number of urea groups is 1. The maximum absolute atomic E-state index is 11.9. The zero-order valence-corrected chi connectivity index (χ0v) is 13.4. The molecule has 0 saturated heterocycles. The van der Waals surface area contributed by atoms with Gasteiger partial charge in [-0.15, -0.1) is 0 Å². The average molecular weight is 328 g/mol. The van der Waals surface area contributed by atoms with Gasteiger partial charge >= 0.3 is 6.03 Å². The van der Waals surface area contributed by atoms with Crippen LogP contribution in [0.25, 0.3) is 11.3 Å². The number of carbonyl (C=O) groups is 1. The van der Waals surface area contributed by atoms with Crippen molar-refractivity contribution in [3.8, 4) is 17.1 Å². The summed E-state index contributed by atoms with van der Waals surface area (Å²) in [5, 5.41) is 9.53. The summed E-state index contributed by atoms with van der Waals surface area (Å²) < 4.78 is 10.8. The van der Waals surface area contributed by atoms with Gasteiger partial charge in [-0.05, 0) is 35.7 Å². The minimum absolute atomic E-state index is 0.299. The molecule has 0 fully saturated rings. The van der Waals surface area contributed by atoms with Gasteiger partial charge in [-0.25, -0.2) is 4.79 Å². The Morgan fingerprint density at radius 1 is 1.26 bits per heavy atom. The predicted molar refractivity (Wildman–Crippen MR) is 90.9 cm³/mol. The van der Waals surface area contributed by atoms with Gasteiger partial charge in [-0.3, -0.25) is 0 Å². The lowest BCUT2D eigenvalue weighted by atomic mass is 10.3. The molecule has 6 heteroatoms. The molecule has 2 amide bonds. The highest BCUT2D eigenvalue weighted by molar-refractivity contribution is 7.08. The van der Waals surface area contributed by atoms with Gasteiger partial charge in [0.25, 0.3) is 0 Å². The maximum Gasteiger partial charge on any atom is 0.319 e. The lowest BCUT2D eigenvalue weighted by Gasteiger charge is -2.07. The van der Waals surface area contributed by atoms with Crippen LogP contribution in [-0.2, 0) is 6.54 Å². The highest BCUT2D eigenvalue weighted by atomic mass is 32.1. The molecule has 2 heterocycles. The minimum Gasteiger partial charge on any atom is -0.497 e. The van der Waals surface area contributed by atoms with Crippen LogP contribution in [0.2, 0.25) is 0 Å². The molecule has 0 aliphatic heterocycles. The Labute approximate surface area is 137 Å². The number of rotatable bonds is 5. The van der Waals surface area contributed by atoms with Crippen LogP contribution in [0.4, 0.5) is 10.5 Å². The van der Waals surface area contributed by atoms with E-state index in [4.69, 9.17) is 9.15 Å². The van der Waals surface area contributed by atoms with E-state index in [1.807, 2.05) is 41.1 Å². The summed E-state index contributed by atoms with van der Waals surface area (Å²) in [6.07, 6.45) is 0. The van der Waals surface area contributed by atoms with Gasteiger partial charge in [0.05, 0.1) is 13.7 Å². The van der Waals surface area contributed by atoms with E-state index >= 15 is 0 Å². The van der Waals surface area contributed by atoms with Crippen molar-refractivity contribution in [2.75, 3.05) is 12.4 Å². The van der Waals surface area contributed by atoms with E-state index in [1.54, 1.807) is 30.6 Å². The van der Waals surface area contributed by atoms with Crippen LogP contribution in [0.5, 0.6) is 5.75 Å². The number of hydrogen-bond acceptors (Lipinski definition) is 4. The average Bonchev–Trinajstić information content (AvgIpc) is 3.24. The van der Waals surface area contributed by atoms with Gasteiger partial charge in [0.2, 0.25) is 0 Å². The molecule has 0 atom stereocenters. The summed E-state index contributed by atoms with van der Waals surface area (Å²) in [7, 11) is 1.58. The van der Waals surface area contributed by atoms with E-state index in [-0.39, 0.29) is 6.03 Å². The largest absolute Gasteiger partial charge is 0.497 e. The molecule has 2 aromatic heterocycles. The number of anilines is 1. The van der Waals surface area contributed by atoms with E-state index in [9.17, 15) is 4.79 Å². The van der Waals surface area contributed by atoms with Crippen molar-refractivity contribution in [2.45, 2.75) is 6.54 Å². The lowest BCUT2D eigenvalue weighted by Crippen LogP contribution is -2.27. The molecule has 3 aromatic rings. The van der Waals surface area contributed by atoms with E-state index in [0.717, 1.165) is 11.3 Å².